The molecule has 2 aromatic carbocycles. The van der Waals surface area contributed by atoms with E-state index in [1.165, 1.54) is 6.21 Å². The lowest BCUT2D eigenvalue weighted by Crippen LogP contribution is -2.22. The molecule has 26 heavy (non-hydrogen) atoms. The Balaban J connectivity index is 1.68. The van der Waals surface area contributed by atoms with Crippen molar-refractivity contribution in [2.24, 2.45) is 5.10 Å². The number of hydrazone groups is 1. The molecule has 0 bridgehead atoms. The zero-order valence-electron chi connectivity index (χ0n) is 14.3. The number of benzene rings is 2. The third kappa shape index (κ3) is 3.85. The first-order valence-electron chi connectivity index (χ1n) is 7.75. The van der Waals surface area contributed by atoms with E-state index >= 15 is 0 Å². The minimum atomic E-state index is -0.254. The molecule has 0 radical (unpaired) electrons. The van der Waals surface area contributed by atoms with E-state index in [9.17, 15) is 4.79 Å². The molecule has 0 aliphatic heterocycles. The van der Waals surface area contributed by atoms with Gasteiger partial charge in [0, 0.05) is 11.6 Å². The summed E-state index contributed by atoms with van der Waals surface area (Å²) >= 11 is 3.41. The van der Waals surface area contributed by atoms with Crippen molar-refractivity contribution in [1.82, 2.24) is 15.0 Å². The van der Waals surface area contributed by atoms with Crippen LogP contribution in [0.3, 0.4) is 0 Å². The number of fused-ring (bicyclic) bond motifs is 1. The van der Waals surface area contributed by atoms with Crippen LogP contribution in [-0.2, 0) is 11.3 Å². The molecule has 1 N–H and O–H groups in total. The van der Waals surface area contributed by atoms with Crippen molar-refractivity contribution in [3.05, 3.63) is 52.8 Å². The predicted octanol–water partition coefficient (Wildman–Crippen LogP) is 2.97. The van der Waals surface area contributed by atoms with Crippen molar-refractivity contribution in [3.63, 3.8) is 0 Å². The van der Waals surface area contributed by atoms with Gasteiger partial charge in [-0.3, -0.25) is 4.79 Å². The first kappa shape index (κ1) is 17.9. The van der Waals surface area contributed by atoms with Crippen LogP contribution in [0.5, 0.6) is 11.5 Å². The summed E-state index contributed by atoms with van der Waals surface area (Å²) in [6.07, 6.45) is 3.16. The highest BCUT2D eigenvalue weighted by molar-refractivity contribution is 9.10. The Labute approximate surface area is 158 Å². The largest absolute Gasteiger partial charge is 0.496 e. The molecule has 3 rings (SSSR count). The fourth-order valence-electron chi connectivity index (χ4n) is 2.48. The number of rotatable bonds is 6. The van der Waals surface area contributed by atoms with Gasteiger partial charge in [-0.1, -0.05) is 12.1 Å². The Morgan fingerprint density at radius 2 is 2.04 bits per heavy atom. The number of para-hydroxylation sites is 2. The molecule has 0 atom stereocenters. The van der Waals surface area contributed by atoms with Crippen molar-refractivity contribution >= 4 is 39.1 Å². The summed E-state index contributed by atoms with van der Waals surface area (Å²) in [5, 5.41) is 4.01. The van der Waals surface area contributed by atoms with Gasteiger partial charge < -0.3 is 14.0 Å². The van der Waals surface area contributed by atoms with E-state index < -0.39 is 0 Å². The maximum atomic E-state index is 12.1. The number of imidazole rings is 1. The molecule has 0 fully saturated rings. The van der Waals surface area contributed by atoms with Gasteiger partial charge in [0.05, 0.1) is 42.3 Å². The van der Waals surface area contributed by atoms with Gasteiger partial charge in [-0.2, -0.15) is 5.10 Å². The van der Waals surface area contributed by atoms with E-state index in [4.69, 9.17) is 9.47 Å². The van der Waals surface area contributed by atoms with Gasteiger partial charge in [0.2, 0.25) is 0 Å². The Morgan fingerprint density at radius 3 is 2.81 bits per heavy atom. The number of methoxy groups -OCH3 is 2. The van der Waals surface area contributed by atoms with Crippen LogP contribution in [0.25, 0.3) is 11.0 Å². The zero-order chi connectivity index (χ0) is 18.5. The topological polar surface area (TPSA) is 77.7 Å². The summed E-state index contributed by atoms with van der Waals surface area (Å²) in [5.41, 5.74) is 4.96. The maximum Gasteiger partial charge on any atom is 0.260 e. The smallest absolute Gasteiger partial charge is 0.260 e. The third-order valence-corrected chi connectivity index (χ3v) is 4.36. The van der Waals surface area contributed by atoms with Gasteiger partial charge in [0.15, 0.2) is 0 Å². The van der Waals surface area contributed by atoms with Crippen LogP contribution in [0, 0.1) is 0 Å². The van der Waals surface area contributed by atoms with Crippen molar-refractivity contribution in [2.45, 2.75) is 6.54 Å². The van der Waals surface area contributed by atoms with E-state index in [1.807, 2.05) is 24.3 Å². The first-order valence-corrected chi connectivity index (χ1v) is 8.55. The second-order valence-electron chi connectivity index (χ2n) is 5.38. The van der Waals surface area contributed by atoms with E-state index in [0.717, 1.165) is 15.5 Å². The van der Waals surface area contributed by atoms with E-state index in [1.54, 1.807) is 37.2 Å². The highest BCUT2D eigenvalue weighted by atomic mass is 79.9. The van der Waals surface area contributed by atoms with Crippen LogP contribution >= 0.6 is 15.9 Å². The second-order valence-corrected chi connectivity index (χ2v) is 6.24. The van der Waals surface area contributed by atoms with Crippen molar-refractivity contribution in [1.29, 1.82) is 0 Å². The summed E-state index contributed by atoms with van der Waals surface area (Å²) < 4.78 is 13.1. The summed E-state index contributed by atoms with van der Waals surface area (Å²) in [4.78, 5) is 16.4. The molecule has 0 saturated carbocycles. The second kappa shape index (κ2) is 8.01. The molecule has 0 unspecified atom stereocenters. The average molecular weight is 417 g/mol. The number of aromatic nitrogens is 2. The fraction of sp³-hybridized carbons (Fsp3) is 0.167. The Morgan fingerprint density at radius 1 is 1.27 bits per heavy atom. The Kier molecular flexibility index (Phi) is 5.52. The van der Waals surface area contributed by atoms with Crippen LogP contribution < -0.4 is 14.9 Å². The molecular formula is C18H17BrN4O3. The molecule has 8 heteroatoms. The molecule has 0 spiro atoms. The molecule has 134 valence electrons. The molecule has 0 aliphatic carbocycles. The van der Waals surface area contributed by atoms with Crippen LogP contribution in [0.15, 0.2) is 52.3 Å². The number of carbonyl (C=O) groups excluding carboxylic acids is 1. The minimum absolute atomic E-state index is 0.126. The summed E-state index contributed by atoms with van der Waals surface area (Å²) in [7, 11) is 3.13. The minimum Gasteiger partial charge on any atom is -0.496 e. The summed E-state index contributed by atoms with van der Waals surface area (Å²) in [5.74, 6) is 0.981. The standard InChI is InChI=1S/C18H17BrN4O3/c1-25-16-8-17(26-2)13(19)7-12(16)9-21-22-18(24)10-23-11-20-14-5-3-4-6-15(14)23/h3-9,11H,10H2,1-2H3,(H,22,24). The van der Waals surface area contributed by atoms with E-state index in [0.29, 0.717) is 17.1 Å². The lowest BCUT2D eigenvalue weighted by molar-refractivity contribution is -0.121. The van der Waals surface area contributed by atoms with Gasteiger partial charge in [0.25, 0.3) is 5.91 Å². The molecule has 0 aliphatic rings. The number of nitrogens with zero attached hydrogens (tertiary/aromatic N) is 3. The number of hydrogen-bond acceptors (Lipinski definition) is 5. The number of halogens is 1. The fourth-order valence-corrected chi connectivity index (χ4v) is 3.01. The lowest BCUT2D eigenvalue weighted by Gasteiger charge is -2.09. The lowest BCUT2D eigenvalue weighted by atomic mass is 10.2. The van der Waals surface area contributed by atoms with Crippen LogP contribution in [0.2, 0.25) is 0 Å². The third-order valence-electron chi connectivity index (χ3n) is 3.74. The summed E-state index contributed by atoms with van der Waals surface area (Å²) in [6.45, 7) is 0.126. The highest BCUT2D eigenvalue weighted by Crippen LogP contribution is 2.31. The van der Waals surface area contributed by atoms with Crippen LogP contribution in [0.4, 0.5) is 0 Å². The molecular weight excluding hydrogens is 400 g/mol. The number of ether oxygens (including phenoxy) is 2. The van der Waals surface area contributed by atoms with Crippen LogP contribution in [-0.4, -0.2) is 35.9 Å². The number of amides is 1. The van der Waals surface area contributed by atoms with E-state index in [2.05, 4.69) is 31.4 Å². The first-order chi connectivity index (χ1) is 12.6. The normalized spacial score (nSPS) is 11.0. The van der Waals surface area contributed by atoms with Crippen molar-refractivity contribution < 1.29 is 14.3 Å². The maximum absolute atomic E-state index is 12.1. The van der Waals surface area contributed by atoms with Gasteiger partial charge in [-0.25, -0.2) is 10.4 Å². The van der Waals surface area contributed by atoms with Crippen molar-refractivity contribution in [3.8, 4) is 11.5 Å². The van der Waals surface area contributed by atoms with Gasteiger partial charge in [-0.05, 0) is 34.1 Å². The van der Waals surface area contributed by atoms with E-state index in [-0.39, 0.29) is 12.5 Å². The van der Waals surface area contributed by atoms with Gasteiger partial charge >= 0.3 is 0 Å². The molecule has 7 nitrogen and oxygen atoms in total. The number of hydrogen-bond donors (Lipinski definition) is 1. The predicted molar refractivity (Wildman–Crippen MR) is 103 cm³/mol. The van der Waals surface area contributed by atoms with Crippen LogP contribution in [0.1, 0.15) is 5.56 Å². The molecule has 1 heterocycles. The highest BCUT2D eigenvalue weighted by Gasteiger charge is 2.09. The quantitative estimate of drug-likeness (QED) is 0.494. The average Bonchev–Trinajstić information content (AvgIpc) is 3.05. The molecule has 1 aromatic heterocycles. The van der Waals surface area contributed by atoms with Gasteiger partial charge in [0.1, 0.15) is 18.0 Å². The molecule has 0 saturated heterocycles. The zero-order valence-corrected chi connectivity index (χ0v) is 15.9. The SMILES string of the molecule is COc1cc(OC)c(C=NNC(=O)Cn2cnc3ccccc32)cc1Br. The Hall–Kier alpha value is -2.87. The van der Waals surface area contributed by atoms with Crippen molar-refractivity contribution in [2.75, 3.05) is 14.2 Å². The number of nitrogens with one attached hydrogen (secondary N) is 1. The van der Waals surface area contributed by atoms with Gasteiger partial charge in [-0.15, -0.1) is 0 Å². The Bertz CT molecular complexity index is 968. The monoisotopic (exact) mass is 416 g/mol. The summed E-state index contributed by atoms with van der Waals surface area (Å²) in [6, 6.07) is 11.2. The molecule has 3 aromatic rings. The number of carbonyl (C=O) groups is 1. The molecule has 1 amide bonds.